The third-order valence-electron chi connectivity index (χ3n) is 2.60. The number of hydrogen-bond donors (Lipinski definition) is 1. The number of nitrogens with one attached hydrogen (secondary N) is 1. The molecule has 3 heteroatoms. The van der Waals surface area contributed by atoms with Crippen molar-refractivity contribution in [3.05, 3.63) is 0 Å². The predicted molar refractivity (Wildman–Crippen MR) is 66.1 cm³/mol. The molecule has 14 heavy (non-hydrogen) atoms. The average Bonchev–Trinajstić information content (AvgIpc) is 2.18. The predicted octanol–water partition coefficient (Wildman–Crippen LogP) is 1.81. The van der Waals surface area contributed by atoms with E-state index in [4.69, 9.17) is 0 Å². The Kier molecular flexibility index (Phi) is 6.65. The van der Waals surface area contributed by atoms with Crippen LogP contribution >= 0.6 is 11.8 Å². The second-order valence-corrected chi connectivity index (χ2v) is 5.76. The maximum absolute atomic E-state index is 3.56. The minimum Gasteiger partial charge on any atom is -0.316 e. The van der Waals surface area contributed by atoms with E-state index in [1.165, 1.54) is 51.1 Å². The van der Waals surface area contributed by atoms with Gasteiger partial charge in [-0.25, -0.2) is 0 Å². The van der Waals surface area contributed by atoms with Crippen LogP contribution in [0, 0.1) is 0 Å². The summed E-state index contributed by atoms with van der Waals surface area (Å²) in [6.07, 6.45) is 5.56. The highest BCUT2D eigenvalue weighted by molar-refractivity contribution is 7.99. The normalized spacial score (nSPS) is 22.9. The van der Waals surface area contributed by atoms with Crippen LogP contribution in [0.2, 0.25) is 0 Å². The molecule has 1 atom stereocenters. The van der Waals surface area contributed by atoms with Gasteiger partial charge in [-0.2, -0.15) is 11.8 Å². The number of nitrogens with zero attached hydrogens (tertiary/aromatic N) is 1. The summed E-state index contributed by atoms with van der Waals surface area (Å²) in [6.45, 7) is 3.60. The summed E-state index contributed by atoms with van der Waals surface area (Å²) in [4.78, 5) is 2.25. The van der Waals surface area contributed by atoms with Gasteiger partial charge >= 0.3 is 0 Å². The van der Waals surface area contributed by atoms with E-state index >= 15 is 0 Å². The van der Waals surface area contributed by atoms with E-state index in [1.54, 1.807) is 0 Å². The standard InChI is InChI=1S/C11H24N2S/c1-13(2)8-5-7-12-10-11-6-3-4-9-14-11/h11-12H,3-10H2,1-2H3. The Bertz CT molecular complexity index is 133. The van der Waals surface area contributed by atoms with Crippen molar-refractivity contribution in [2.24, 2.45) is 0 Å². The van der Waals surface area contributed by atoms with Gasteiger partial charge in [0.05, 0.1) is 0 Å². The second kappa shape index (κ2) is 7.55. The first-order chi connectivity index (χ1) is 6.79. The van der Waals surface area contributed by atoms with Gasteiger partial charge in [-0.05, 0) is 52.2 Å². The summed E-state index contributed by atoms with van der Waals surface area (Å²) in [5.41, 5.74) is 0. The molecular formula is C11H24N2S. The molecule has 84 valence electrons. The Labute approximate surface area is 92.8 Å². The molecule has 1 N–H and O–H groups in total. The minimum atomic E-state index is 0.892. The zero-order chi connectivity index (χ0) is 10.2. The van der Waals surface area contributed by atoms with Crippen molar-refractivity contribution in [3.8, 4) is 0 Å². The van der Waals surface area contributed by atoms with Gasteiger partial charge in [-0.1, -0.05) is 6.42 Å². The Morgan fingerprint density at radius 2 is 2.21 bits per heavy atom. The molecule has 0 saturated carbocycles. The van der Waals surface area contributed by atoms with E-state index in [0.717, 1.165) is 5.25 Å². The van der Waals surface area contributed by atoms with Gasteiger partial charge in [0, 0.05) is 11.8 Å². The first-order valence-corrected chi connectivity index (χ1v) is 6.81. The average molecular weight is 216 g/mol. The Hall–Kier alpha value is 0.270. The van der Waals surface area contributed by atoms with Gasteiger partial charge in [0.2, 0.25) is 0 Å². The monoisotopic (exact) mass is 216 g/mol. The molecule has 1 unspecified atom stereocenters. The lowest BCUT2D eigenvalue weighted by molar-refractivity contribution is 0.394. The van der Waals surface area contributed by atoms with Crippen molar-refractivity contribution in [2.75, 3.05) is 39.5 Å². The largest absolute Gasteiger partial charge is 0.316 e. The van der Waals surface area contributed by atoms with Gasteiger partial charge in [0.15, 0.2) is 0 Å². The molecule has 0 aromatic rings. The maximum atomic E-state index is 3.56. The summed E-state index contributed by atoms with van der Waals surface area (Å²) in [5, 5.41) is 4.45. The molecule has 0 radical (unpaired) electrons. The zero-order valence-electron chi connectivity index (χ0n) is 9.59. The Morgan fingerprint density at radius 1 is 1.36 bits per heavy atom. The molecule has 0 aliphatic carbocycles. The number of hydrogen-bond acceptors (Lipinski definition) is 3. The second-order valence-electron chi connectivity index (χ2n) is 4.35. The number of rotatable bonds is 6. The minimum absolute atomic E-state index is 0.892. The van der Waals surface area contributed by atoms with Gasteiger partial charge in [0.1, 0.15) is 0 Å². The highest BCUT2D eigenvalue weighted by Gasteiger charge is 2.12. The molecule has 0 amide bonds. The van der Waals surface area contributed by atoms with E-state index in [0.29, 0.717) is 0 Å². The first-order valence-electron chi connectivity index (χ1n) is 5.76. The van der Waals surface area contributed by atoms with Gasteiger partial charge in [0.25, 0.3) is 0 Å². The molecule has 0 bridgehead atoms. The van der Waals surface area contributed by atoms with E-state index in [-0.39, 0.29) is 0 Å². The fourth-order valence-electron chi connectivity index (χ4n) is 1.75. The van der Waals surface area contributed by atoms with Gasteiger partial charge in [-0.3, -0.25) is 0 Å². The fourth-order valence-corrected chi connectivity index (χ4v) is 3.02. The Balaban J connectivity index is 1.87. The molecule has 2 nitrogen and oxygen atoms in total. The fraction of sp³-hybridized carbons (Fsp3) is 1.00. The molecule has 1 aliphatic rings. The molecule has 0 aromatic heterocycles. The van der Waals surface area contributed by atoms with Crippen LogP contribution < -0.4 is 5.32 Å². The molecular weight excluding hydrogens is 192 g/mol. The van der Waals surface area contributed by atoms with Crippen LogP contribution in [0.5, 0.6) is 0 Å². The smallest absolute Gasteiger partial charge is 0.0172 e. The summed E-state index contributed by atoms with van der Waals surface area (Å²) < 4.78 is 0. The van der Waals surface area contributed by atoms with E-state index in [2.05, 4.69) is 36.1 Å². The van der Waals surface area contributed by atoms with E-state index < -0.39 is 0 Å². The summed E-state index contributed by atoms with van der Waals surface area (Å²) in [6, 6.07) is 0. The van der Waals surface area contributed by atoms with Crippen LogP contribution in [0.3, 0.4) is 0 Å². The van der Waals surface area contributed by atoms with Crippen molar-refractivity contribution in [3.63, 3.8) is 0 Å². The van der Waals surface area contributed by atoms with Crippen LogP contribution in [-0.2, 0) is 0 Å². The van der Waals surface area contributed by atoms with Gasteiger partial charge < -0.3 is 10.2 Å². The van der Waals surface area contributed by atoms with E-state index in [1.807, 2.05) is 0 Å². The first kappa shape index (κ1) is 12.3. The highest BCUT2D eigenvalue weighted by atomic mass is 32.2. The van der Waals surface area contributed by atoms with Gasteiger partial charge in [-0.15, -0.1) is 0 Å². The lowest BCUT2D eigenvalue weighted by atomic mass is 10.2. The third-order valence-corrected chi connectivity index (χ3v) is 4.00. The summed E-state index contributed by atoms with van der Waals surface area (Å²) >= 11 is 2.15. The lowest BCUT2D eigenvalue weighted by Crippen LogP contribution is -2.29. The molecule has 1 aliphatic heterocycles. The van der Waals surface area contributed by atoms with Crippen molar-refractivity contribution < 1.29 is 0 Å². The van der Waals surface area contributed by atoms with Crippen LogP contribution in [0.4, 0.5) is 0 Å². The molecule has 1 rings (SSSR count). The molecule has 0 aromatic carbocycles. The summed E-state index contributed by atoms with van der Waals surface area (Å²) in [5.74, 6) is 1.38. The van der Waals surface area contributed by atoms with Crippen LogP contribution in [-0.4, -0.2) is 49.6 Å². The SMILES string of the molecule is CN(C)CCCNCC1CCCCS1. The molecule has 1 saturated heterocycles. The molecule has 1 fully saturated rings. The van der Waals surface area contributed by atoms with Crippen molar-refractivity contribution in [1.82, 2.24) is 10.2 Å². The zero-order valence-corrected chi connectivity index (χ0v) is 10.4. The van der Waals surface area contributed by atoms with Crippen LogP contribution in [0.1, 0.15) is 25.7 Å². The maximum Gasteiger partial charge on any atom is 0.0172 e. The quantitative estimate of drug-likeness (QED) is 0.682. The van der Waals surface area contributed by atoms with Crippen molar-refractivity contribution in [1.29, 1.82) is 0 Å². The van der Waals surface area contributed by atoms with Crippen LogP contribution in [0.25, 0.3) is 0 Å². The molecule has 0 spiro atoms. The van der Waals surface area contributed by atoms with Crippen molar-refractivity contribution >= 4 is 11.8 Å². The van der Waals surface area contributed by atoms with E-state index in [9.17, 15) is 0 Å². The molecule has 1 heterocycles. The van der Waals surface area contributed by atoms with Crippen LogP contribution in [0.15, 0.2) is 0 Å². The highest BCUT2D eigenvalue weighted by Crippen LogP contribution is 2.24. The van der Waals surface area contributed by atoms with Crippen molar-refractivity contribution in [2.45, 2.75) is 30.9 Å². The topological polar surface area (TPSA) is 15.3 Å². The Morgan fingerprint density at radius 3 is 2.86 bits per heavy atom. The summed E-state index contributed by atoms with van der Waals surface area (Å²) in [7, 11) is 4.27. The lowest BCUT2D eigenvalue weighted by Gasteiger charge is -2.21. The number of thioether (sulfide) groups is 1. The third kappa shape index (κ3) is 5.89.